The number of carboxylic acids is 1. The highest BCUT2D eigenvalue weighted by molar-refractivity contribution is 5.86. The Bertz CT molecular complexity index is 570. The minimum Gasteiger partial charge on any atom is -0.476 e. The fourth-order valence-electron chi connectivity index (χ4n) is 1.97. The summed E-state index contributed by atoms with van der Waals surface area (Å²) < 4.78 is 5.69. The van der Waals surface area contributed by atoms with E-state index in [4.69, 9.17) is 9.52 Å². The molecule has 2 heterocycles. The Morgan fingerprint density at radius 1 is 1.59 bits per heavy atom. The molecule has 1 fully saturated rings. The van der Waals surface area contributed by atoms with Gasteiger partial charge in [-0.3, -0.25) is 5.10 Å². The molecule has 17 heavy (non-hydrogen) atoms. The number of hydrogen-bond acceptors (Lipinski definition) is 3. The number of rotatable bonds is 3. The number of nitrogens with zero attached hydrogens (tertiary/aromatic N) is 1. The molecule has 0 aromatic carbocycles. The largest absolute Gasteiger partial charge is 0.476 e. The van der Waals surface area contributed by atoms with E-state index in [0.29, 0.717) is 23.3 Å². The Balaban J connectivity index is 1.87. The second-order valence-corrected chi connectivity index (χ2v) is 4.49. The summed E-state index contributed by atoms with van der Waals surface area (Å²) in [7, 11) is 0. The zero-order chi connectivity index (χ0) is 12.0. The summed E-state index contributed by atoms with van der Waals surface area (Å²) in [6, 6.07) is 5.27. The van der Waals surface area contributed by atoms with E-state index in [-0.39, 0.29) is 5.69 Å². The lowest BCUT2D eigenvalue weighted by molar-refractivity contribution is 0.0690. The number of nitrogens with one attached hydrogen (secondary N) is 1. The fraction of sp³-hybridized carbons (Fsp3) is 0.333. The molecule has 2 unspecified atom stereocenters. The molecule has 1 aliphatic rings. The van der Waals surface area contributed by atoms with Gasteiger partial charge in [-0.1, -0.05) is 6.92 Å². The molecular formula is C12H12N2O3. The van der Waals surface area contributed by atoms with Crippen molar-refractivity contribution in [3.05, 3.63) is 29.7 Å². The van der Waals surface area contributed by atoms with Crippen molar-refractivity contribution in [2.45, 2.75) is 19.3 Å². The van der Waals surface area contributed by atoms with Gasteiger partial charge in [0.2, 0.25) is 0 Å². The summed E-state index contributed by atoms with van der Waals surface area (Å²) in [6.07, 6.45) is 1.16. The molecule has 5 nitrogen and oxygen atoms in total. The van der Waals surface area contributed by atoms with Crippen LogP contribution in [0.15, 0.2) is 22.6 Å². The van der Waals surface area contributed by atoms with Gasteiger partial charge in [-0.15, -0.1) is 0 Å². The van der Waals surface area contributed by atoms with Crippen LogP contribution in [0.1, 0.15) is 35.5 Å². The number of hydrogen-bond donors (Lipinski definition) is 2. The van der Waals surface area contributed by atoms with Crippen molar-refractivity contribution in [2.24, 2.45) is 5.92 Å². The van der Waals surface area contributed by atoms with Gasteiger partial charge in [0.05, 0.1) is 0 Å². The molecule has 1 aliphatic carbocycles. The van der Waals surface area contributed by atoms with E-state index in [2.05, 4.69) is 17.1 Å². The molecule has 88 valence electrons. The van der Waals surface area contributed by atoms with Crippen LogP contribution in [0, 0.1) is 5.92 Å². The van der Waals surface area contributed by atoms with E-state index < -0.39 is 5.97 Å². The fourth-order valence-corrected chi connectivity index (χ4v) is 1.97. The average molecular weight is 232 g/mol. The Morgan fingerprint density at radius 3 is 2.94 bits per heavy atom. The van der Waals surface area contributed by atoms with Gasteiger partial charge >= 0.3 is 5.97 Å². The number of H-pyrrole nitrogens is 1. The highest BCUT2D eigenvalue weighted by Gasteiger charge is 2.36. The molecule has 2 aromatic heterocycles. The van der Waals surface area contributed by atoms with Gasteiger partial charge in [0.25, 0.3) is 0 Å². The summed E-state index contributed by atoms with van der Waals surface area (Å²) in [4.78, 5) is 10.7. The van der Waals surface area contributed by atoms with Crippen LogP contribution in [0.2, 0.25) is 0 Å². The lowest BCUT2D eigenvalue weighted by Gasteiger charge is -1.92. The maximum atomic E-state index is 10.7. The predicted molar refractivity (Wildman–Crippen MR) is 59.8 cm³/mol. The first-order valence-electron chi connectivity index (χ1n) is 5.54. The van der Waals surface area contributed by atoms with Crippen LogP contribution in [0.25, 0.3) is 11.5 Å². The Hall–Kier alpha value is -2.04. The minimum absolute atomic E-state index is 0.00209. The third kappa shape index (κ3) is 1.73. The molecule has 0 spiro atoms. The maximum absolute atomic E-state index is 10.7. The standard InChI is InChI=1S/C12H12N2O3/c1-6-4-7(6)10-2-3-11(17-10)8-5-9(12(15)16)14-13-8/h2-3,5-7H,4H2,1H3,(H,13,14)(H,15,16). The van der Waals surface area contributed by atoms with Crippen molar-refractivity contribution >= 4 is 5.97 Å². The van der Waals surface area contributed by atoms with Crippen LogP contribution in [-0.4, -0.2) is 21.3 Å². The number of carboxylic acid groups (broad SMARTS) is 1. The maximum Gasteiger partial charge on any atom is 0.356 e. The van der Waals surface area contributed by atoms with Gasteiger partial charge in [-0.2, -0.15) is 5.10 Å². The van der Waals surface area contributed by atoms with Crippen molar-refractivity contribution in [1.29, 1.82) is 0 Å². The zero-order valence-corrected chi connectivity index (χ0v) is 9.30. The first kappa shape index (κ1) is 10.1. The van der Waals surface area contributed by atoms with Gasteiger partial charge in [0, 0.05) is 12.0 Å². The molecular weight excluding hydrogens is 220 g/mol. The van der Waals surface area contributed by atoms with E-state index in [1.54, 1.807) is 0 Å². The van der Waals surface area contributed by atoms with Crippen molar-refractivity contribution in [3.63, 3.8) is 0 Å². The van der Waals surface area contributed by atoms with Gasteiger partial charge in [-0.25, -0.2) is 4.79 Å². The summed E-state index contributed by atoms with van der Waals surface area (Å²) in [6.45, 7) is 2.19. The molecule has 0 amide bonds. The molecule has 1 saturated carbocycles. The third-order valence-electron chi connectivity index (χ3n) is 3.16. The van der Waals surface area contributed by atoms with E-state index in [1.807, 2.05) is 12.1 Å². The van der Waals surface area contributed by atoms with Crippen molar-refractivity contribution < 1.29 is 14.3 Å². The van der Waals surface area contributed by atoms with Crippen LogP contribution in [0.3, 0.4) is 0 Å². The van der Waals surface area contributed by atoms with E-state index in [1.165, 1.54) is 6.07 Å². The second-order valence-electron chi connectivity index (χ2n) is 4.49. The summed E-state index contributed by atoms with van der Waals surface area (Å²) in [5, 5.41) is 15.1. The van der Waals surface area contributed by atoms with E-state index in [0.717, 1.165) is 12.2 Å². The lowest BCUT2D eigenvalue weighted by Crippen LogP contribution is -1.95. The Morgan fingerprint density at radius 2 is 2.35 bits per heavy atom. The number of aromatic amines is 1. The topological polar surface area (TPSA) is 79.1 Å². The minimum atomic E-state index is -1.05. The van der Waals surface area contributed by atoms with Crippen molar-refractivity contribution in [3.8, 4) is 11.5 Å². The van der Waals surface area contributed by atoms with Crippen LogP contribution in [0.4, 0.5) is 0 Å². The van der Waals surface area contributed by atoms with Gasteiger partial charge < -0.3 is 9.52 Å². The smallest absolute Gasteiger partial charge is 0.356 e. The molecule has 5 heteroatoms. The number of furan rings is 1. The monoisotopic (exact) mass is 232 g/mol. The molecule has 2 aromatic rings. The third-order valence-corrected chi connectivity index (χ3v) is 3.16. The average Bonchev–Trinajstić information content (AvgIpc) is 2.78. The van der Waals surface area contributed by atoms with E-state index in [9.17, 15) is 4.79 Å². The number of carbonyl (C=O) groups is 1. The summed E-state index contributed by atoms with van der Waals surface area (Å²) in [5.74, 6) is 1.77. The highest BCUT2D eigenvalue weighted by Crippen LogP contribution is 2.47. The molecule has 2 N–H and O–H groups in total. The number of aromatic nitrogens is 2. The van der Waals surface area contributed by atoms with Gasteiger partial charge in [0.1, 0.15) is 11.5 Å². The van der Waals surface area contributed by atoms with Crippen LogP contribution in [0.5, 0.6) is 0 Å². The molecule has 0 saturated heterocycles. The molecule has 0 aliphatic heterocycles. The first-order valence-corrected chi connectivity index (χ1v) is 5.54. The summed E-state index contributed by atoms with van der Waals surface area (Å²) >= 11 is 0. The second kappa shape index (κ2) is 3.48. The molecule has 0 bridgehead atoms. The normalized spacial score (nSPS) is 22.6. The van der Waals surface area contributed by atoms with Crippen LogP contribution in [-0.2, 0) is 0 Å². The van der Waals surface area contributed by atoms with Gasteiger partial charge in [-0.05, 0) is 24.5 Å². The molecule has 0 radical (unpaired) electrons. The van der Waals surface area contributed by atoms with Gasteiger partial charge in [0.15, 0.2) is 11.5 Å². The summed E-state index contributed by atoms with van der Waals surface area (Å²) in [5.41, 5.74) is 0.597. The molecule has 3 rings (SSSR count). The van der Waals surface area contributed by atoms with Crippen LogP contribution < -0.4 is 0 Å². The zero-order valence-electron chi connectivity index (χ0n) is 9.30. The van der Waals surface area contributed by atoms with Crippen LogP contribution >= 0.6 is 0 Å². The van der Waals surface area contributed by atoms with E-state index >= 15 is 0 Å². The lowest BCUT2D eigenvalue weighted by atomic mass is 10.2. The molecule has 2 atom stereocenters. The quantitative estimate of drug-likeness (QED) is 0.852. The van der Waals surface area contributed by atoms with Crippen molar-refractivity contribution in [2.75, 3.05) is 0 Å². The predicted octanol–water partition coefficient (Wildman–Crippen LogP) is 2.49. The Kier molecular flexibility index (Phi) is 2.07. The first-order chi connectivity index (χ1) is 8.15. The highest BCUT2D eigenvalue weighted by atomic mass is 16.4. The SMILES string of the molecule is CC1CC1c1ccc(-c2cc(C(=O)O)n[nH]2)o1. The van der Waals surface area contributed by atoms with Crippen molar-refractivity contribution in [1.82, 2.24) is 10.2 Å². The Labute approximate surface area is 97.5 Å². The number of aromatic carboxylic acids is 1.